The van der Waals surface area contributed by atoms with E-state index in [9.17, 15) is 26.7 Å². The third-order valence-electron chi connectivity index (χ3n) is 7.52. The van der Waals surface area contributed by atoms with E-state index in [1.54, 1.807) is 43.3 Å². The van der Waals surface area contributed by atoms with Crippen molar-refractivity contribution in [3.05, 3.63) is 53.6 Å². The van der Waals surface area contributed by atoms with Gasteiger partial charge in [-0.1, -0.05) is 24.6 Å². The van der Waals surface area contributed by atoms with Crippen LogP contribution in [0, 0.1) is 12.8 Å². The van der Waals surface area contributed by atoms with Crippen molar-refractivity contribution in [1.29, 1.82) is 0 Å². The summed E-state index contributed by atoms with van der Waals surface area (Å²) in [5.41, 5.74) is 1.32. The molecule has 2 aromatic rings. The Hall–Kier alpha value is -2.71. The molecule has 1 amide bonds. The molecule has 1 heterocycles. The monoisotopic (exact) mass is 639 g/mol. The number of benzene rings is 2. The fourth-order valence-electron chi connectivity index (χ4n) is 4.90. The maximum Gasteiger partial charge on any atom is 0.258 e. The lowest BCUT2D eigenvalue weighted by Crippen LogP contribution is -2.48. The van der Waals surface area contributed by atoms with Crippen molar-refractivity contribution < 1.29 is 36.2 Å². The van der Waals surface area contributed by atoms with Gasteiger partial charge in [0.2, 0.25) is 20.0 Å². The number of nitrogens with one attached hydrogen (secondary N) is 1. The summed E-state index contributed by atoms with van der Waals surface area (Å²) in [4.78, 5) is 15.8. The van der Waals surface area contributed by atoms with E-state index in [1.807, 2.05) is 20.8 Å². The molecule has 1 aliphatic rings. The fourth-order valence-corrected chi connectivity index (χ4v) is 6.64. The van der Waals surface area contributed by atoms with Gasteiger partial charge in [-0.15, -0.1) is 0 Å². The first-order valence-electron chi connectivity index (χ1n) is 14.5. The zero-order valence-electron chi connectivity index (χ0n) is 25.8. The van der Waals surface area contributed by atoms with Gasteiger partial charge in [0.15, 0.2) is 0 Å². The first-order chi connectivity index (χ1) is 20.1. The lowest BCUT2D eigenvalue weighted by atomic mass is 10.0. The molecule has 4 atom stereocenters. The van der Waals surface area contributed by atoms with Gasteiger partial charge in [-0.05, 0) is 70.4 Å². The second-order valence-electron chi connectivity index (χ2n) is 11.5. The van der Waals surface area contributed by atoms with Crippen molar-refractivity contribution >= 4 is 31.6 Å². The zero-order valence-corrected chi connectivity index (χ0v) is 27.4. The molecular weight excluding hydrogens is 594 g/mol. The maximum absolute atomic E-state index is 14.1. The highest BCUT2D eigenvalue weighted by molar-refractivity contribution is 7.92. The molecule has 3 rings (SSSR count). The van der Waals surface area contributed by atoms with E-state index in [1.165, 1.54) is 22.3 Å². The molecule has 13 heteroatoms. The van der Waals surface area contributed by atoms with E-state index in [-0.39, 0.29) is 47.9 Å². The van der Waals surface area contributed by atoms with Crippen LogP contribution in [0.1, 0.15) is 56.0 Å². The standard InChI is InChI=1S/C30H45N3O8S2/c1-21-10-13-26(14-11-21)43(38,39)32(5)19-29-22(2)18-33(23(3)20-34)30(35)27-17-25(31-42(6,36)37)12-15-28(27)41-24(4)9-7-8-16-40-29/h10-15,17,22-24,29,31,34H,7-9,16,18-20H2,1-6H3/t22-,23-,24-,29+/m1/s1. The Morgan fingerprint density at radius 2 is 1.77 bits per heavy atom. The van der Waals surface area contributed by atoms with Gasteiger partial charge in [0.05, 0.1) is 41.6 Å². The van der Waals surface area contributed by atoms with E-state index >= 15 is 0 Å². The van der Waals surface area contributed by atoms with Crippen LogP contribution < -0.4 is 9.46 Å². The van der Waals surface area contributed by atoms with Crippen molar-refractivity contribution in [3.63, 3.8) is 0 Å². The van der Waals surface area contributed by atoms with E-state index < -0.39 is 38.1 Å². The van der Waals surface area contributed by atoms with Crippen molar-refractivity contribution in [3.8, 4) is 5.75 Å². The summed E-state index contributed by atoms with van der Waals surface area (Å²) in [7, 11) is -5.88. The molecule has 0 aliphatic carbocycles. The van der Waals surface area contributed by atoms with Gasteiger partial charge in [0.1, 0.15) is 5.75 Å². The highest BCUT2D eigenvalue weighted by atomic mass is 32.2. The minimum absolute atomic E-state index is 0.0610. The number of anilines is 1. The van der Waals surface area contributed by atoms with Crippen LogP contribution in [0.25, 0.3) is 0 Å². The molecular formula is C30H45N3O8S2. The zero-order chi connectivity index (χ0) is 31.9. The summed E-state index contributed by atoms with van der Waals surface area (Å²) in [5.74, 6) is -0.477. The third kappa shape index (κ3) is 9.64. The second kappa shape index (κ2) is 14.8. The molecule has 2 N–H and O–H groups in total. The number of aliphatic hydroxyl groups excluding tert-OH is 1. The Bertz CT molecular complexity index is 1450. The molecule has 0 spiro atoms. The molecule has 240 valence electrons. The van der Waals surface area contributed by atoms with Crippen LogP contribution in [0.2, 0.25) is 0 Å². The van der Waals surface area contributed by atoms with Crippen LogP contribution >= 0.6 is 0 Å². The van der Waals surface area contributed by atoms with E-state index in [4.69, 9.17) is 9.47 Å². The fraction of sp³-hybridized carbons (Fsp3) is 0.567. The largest absolute Gasteiger partial charge is 0.490 e. The average Bonchev–Trinajstić information content (AvgIpc) is 2.93. The van der Waals surface area contributed by atoms with E-state index in [0.29, 0.717) is 18.8 Å². The molecule has 2 aromatic carbocycles. The number of hydrogen-bond acceptors (Lipinski definition) is 8. The molecule has 0 fully saturated rings. The van der Waals surface area contributed by atoms with Crippen LogP contribution in [0.15, 0.2) is 47.4 Å². The molecule has 0 bridgehead atoms. The quantitative estimate of drug-likeness (QED) is 0.447. The molecule has 0 saturated heterocycles. The van der Waals surface area contributed by atoms with Crippen LogP contribution in [0.4, 0.5) is 5.69 Å². The number of nitrogens with zero attached hydrogens (tertiary/aromatic N) is 2. The van der Waals surface area contributed by atoms with Gasteiger partial charge in [-0.25, -0.2) is 16.8 Å². The highest BCUT2D eigenvalue weighted by Crippen LogP contribution is 2.29. The Labute approximate surface area is 256 Å². The minimum atomic E-state index is -3.79. The molecule has 0 radical (unpaired) electrons. The summed E-state index contributed by atoms with van der Waals surface area (Å²) in [5, 5.41) is 10.1. The lowest BCUT2D eigenvalue weighted by molar-refractivity contribution is -0.00833. The third-order valence-corrected chi connectivity index (χ3v) is 9.97. The molecule has 0 unspecified atom stereocenters. The van der Waals surface area contributed by atoms with Gasteiger partial charge in [-0.3, -0.25) is 9.52 Å². The molecule has 0 saturated carbocycles. The van der Waals surface area contributed by atoms with Crippen molar-refractivity contribution in [2.24, 2.45) is 5.92 Å². The number of carbonyl (C=O) groups is 1. The molecule has 1 aliphatic heterocycles. The number of aliphatic hydroxyl groups is 1. The van der Waals surface area contributed by atoms with Crippen LogP contribution in [0.3, 0.4) is 0 Å². The number of ether oxygens (including phenoxy) is 2. The number of carbonyl (C=O) groups excluding carboxylic acids is 1. The topological polar surface area (TPSA) is 143 Å². The molecule has 11 nitrogen and oxygen atoms in total. The lowest BCUT2D eigenvalue weighted by Gasteiger charge is -2.35. The Morgan fingerprint density at radius 3 is 2.40 bits per heavy atom. The predicted octanol–water partition coefficient (Wildman–Crippen LogP) is 3.48. The number of amides is 1. The summed E-state index contributed by atoms with van der Waals surface area (Å²) in [6, 6.07) is 10.6. The summed E-state index contributed by atoms with van der Waals surface area (Å²) in [6.45, 7) is 7.66. The minimum Gasteiger partial charge on any atom is -0.490 e. The summed E-state index contributed by atoms with van der Waals surface area (Å²) >= 11 is 0. The number of hydrogen-bond donors (Lipinski definition) is 2. The van der Waals surface area contributed by atoms with Gasteiger partial charge in [0.25, 0.3) is 5.91 Å². The number of aryl methyl sites for hydroxylation is 1. The first kappa shape index (κ1) is 34.8. The Morgan fingerprint density at radius 1 is 1.09 bits per heavy atom. The SMILES string of the molecule is Cc1ccc(S(=O)(=O)N(C)C[C@@H]2OCCCC[C@@H](C)Oc3ccc(NS(C)(=O)=O)cc3C(=O)N([C@H](C)CO)C[C@H]2C)cc1. The summed E-state index contributed by atoms with van der Waals surface area (Å²) in [6.07, 6.45) is 2.42. The predicted molar refractivity (Wildman–Crippen MR) is 166 cm³/mol. The second-order valence-corrected chi connectivity index (χ2v) is 15.3. The average molecular weight is 640 g/mol. The van der Waals surface area contributed by atoms with Crippen LogP contribution in [0.5, 0.6) is 5.75 Å². The first-order valence-corrected chi connectivity index (χ1v) is 17.8. The van der Waals surface area contributed by atoms with Gasteiger partial charge in [0, 0.05) is 38.3 Å². The van der Waals surface area contributed by atoms with E-state index in [0.717, 1.165) is 24.7 Å². The summed E-state index contributed by atoms with van der Waals surface area (Å²) < 4.78 is 66.7. The van der Waals surface area contributed by atoms with Crippen LogP contribution in [-0.4, -0.2) is 94.9 Å². The van der Waals surface area contributed by atoms with Gasteiger partial charge >= 0.3 is 0 Å². The van der Waals surface area contributed by atoms with Crippen molar-refractivity contribution in [2.75, 3.05) is 44.3 Å². The number of rotatable bonds is 8. The molecule has 0 aromatic heterocycles. The van der Waals surface area contributed by atoms with Crippen molar-refractivity contribution in [1.82, 2.24) is 9.21 Å². The Kier molecular flexibility index (Phi) is 12.0. The molecule has 43 heavy (non-hydrogen) atoms. The van der Waals surface area contributed by atoms with E-state index in [2.05, 4.69) is 4.72 Å². The number of likely N-dealkylation sites (N-methyl/N-ethyl adjacent to an activating group) is 1. The highest BCUT2D eigenvalue weighted by Gasteiger charge is 2.32. The number of fused-ring (bicyclic) bond motifs is 1. The van der Waals surface area contributed by atoms with Crippen LogP contribution in [-0.2, 0) is 24.8 Å². The van der Waals surface area contributed by atoms with Gasteiger partial charge in [-0.2, -0.15) is 4.31 Å². The van der Waals surface area contributed by atoms with Gasteiger partial charge < -0.3 is 19.5 Å². The Balaban J connectivity index is 1.98. The smallest absolute Gasteiger partial charge is 0.258 e. The number of sulfonamides is 2. The van der Waals surface area contributed by atoms with Crippen molar-refractivity contribution in [2.45, 2.75) is 70.1 Å². The normalized spacial score (nSPS) is 21.9. The maximum atomic E-state index is 14.1.